The molecule has 1 fully saturated rings. The number of amides is 2. The summed E-state index contributed by atoms with van der Waals surface area (Å²) < 4.78 is 5.36. The molecule has 0 spiro atoms. The fourth-order valence-corrected chi connectivity index (χ4v) is 3.16. The lowest BCUT2D eigenvalue weighted by Gasteiger charge is -2.25. The Morgan fingerprint density at radius 1 is 1.45 bits per heavy atom. The molecule has 1 aliphatic heterocycles. The lowest BCUT2D eigenvalue weighted by atomic mass is 10.1. The van der Waals surface area contributed by atoms with Crippen molar-refractivity contribution in [2.45, 2.75) is 39.3 Å². The molecule has 1 aromatic heterocycles. The first-order valence-electron chi connectivity index (χ1n) is 7.50. The number of hydrogen-bond donors (Lipinski definition) is 0. The van der Waals surface area contributed by atoms with Gasteiger partial charge in [0.05, 0.1) is 5.92 Å². The smallest absolute Gasteiger partial charge is 0.410 e. The fourth-order valence-electron chi connectivity index (χ4n) is 2.50. The Morgan fingerprint density at radius 3 is 2.77 bits per heavy atom. The third kappa shape index (κ3) is 4.47. The van der Waals surface area contributed by atoms with Crippen molar-refractivity contribution >= 4 is 23.3 Å². The Balaban J connectivity index is 1.86. The van der Waals surface area contributed by atoms with Crippen LogP contribution in [0.15, 0.2) is 16.8 Å². The molecule has 2 rings (SSSR count). The number of nitrogens with zero attached hydrogens (tertiary/aromatic N) is 2. The maximum Gasteiger partial charge on any atom is 0.410 e. The largest absolute Gasteiger partial charge is 0.444 e. The van der Waals surface area contributed by atoms with Crippen LogP contribution < -0.4 is 0 Å². The van der Waals surface area contributed by atoms with E-state index in [0.29, 0.717) is 26.1 Å². The van der Waals surface area contributed by atoms with Crippen molar-refractivity contribution in [3.8, 4) is 0 Å². The van der Waals surface area contributed by atoms with E-state index in [1.807, 2.05) is 44.6 Å². The summed E-state index contributed by atoms with van der Waals surface area (Å²) in [7, 11) is 1.82. The Morgan fingerprint density at radius 2 is 2.18 bits per heavy atom. The van der Waals surface area contributed by atoms with Crippen LogP contribution in [0, 0.1) is 5.92 Å². The molecule has 1 saturated heterocycles. The van der Waals surface area contributed by atoms with E-state index < -0.39 is 5.60 Å². The Bertz CT molecular complexity index is 522. The fraction of sp³-hybridized carbons (Fsp3) is 0.625. The molecule has 0 aliphatic carbocycles. The van der Waals surface area contributed by atoms with Gasteiger partial charge in [-0.15, -0.1) is 0 Å². The first-order chi connectivity index (χ1) is 10.3. The first-order valence-corrected chi connectivity index (χ1v) is 8.44. The van der Waals surface area contributed by atoms with E-state index in [9.17, 15) is 9.59 Å². The molecule has 2 heterocycles. The molecule has 1 aliphatic rings. The Kier molecular flexibility index (Phi) is 5.11. The van der Waals surface area contributed by atoms with Crippen LogP contribution in [0.3, 0.4) is 0 Å². The van der Waals surface area contributed by atoms with Gasteiger partial charge < -0.3 is 14.5 Å². The zero-order chi connectivity index (χ0) is 16.3. The zero-order valence-electron chi connectivity index (χ0n) is 13.7. The monoisotopic (exact) mass is 324 g/mol. The van der Waals surface area contributed by atoms with E-state index in [4.69, 9.17) is 4.74 Å². The highest BCUT2D eigenvalue weighted by Gasteiger charge is 2.34. The maximum atomic E-state index is 12.5. The molecule has 5 nitrogen and oxygen atoms in total. The molecule has 0 unspecified atom stereocenters. The molecule has 6 heteroatoms. The SMILES string of the molecule is CN(Cc1ccsc1)C(=O)[C@@H]1CCN(C(=O)OC(C)(C)C)C1. The highest BCUT2D eigenvalue weighted by atomic mass is 32.1. The third-order valence-electron chi connectivity index (χ3n) is 3.57. The van der Waals surface area contributed by atoms with Crippen molar-refractivity contribution in [2.24, 2.45) is 5.92 Å². The molecule has 0 radical (unpaired) electrons. The minimum absolute atomic E-state index is 0.0947. The first kappa shape index (κ1) is 16.8. The van der Waals surface area contributed by atoms with Gasteiger partial charge in [0.2, 0.25) is 5.91 Å². The molecule has 2 amide bonds. The maximum absolute atomic E-state index is 12.5. The van der Waals surface area contributed by atoms with E-state index in [1.165, 1.54) is 0 Å². The second kappa shape index (κ2) is 6.69. The number of rotatable bonds is 3. The van der Waals surface area contributed by atoms with Crippen LogP contribution in [0.4, 0.5) is 4.79 Å². The summed E-state index contributed by atoms with van der Waals surface area (Å²) in [5.41, 5.74) is 0.636. The number of carbonyl (C=O) groups is 2. The molecular formula is C16H24N2O3S. The highest BCUT2D eigenvalue weighted by molar-refractivity contribution is 7.07. The van der Waals surface area contributed by atoms with Crippen molar-refractivity contribution in [1.82, 2.24) is 9.80 Å². The lowest BCUT2D eigenvalue weighted by Crippen LogP contribution is -2.38. The van der Waals surface area contributed by atoms with Crippen LogP contribution in [0.5, 0.6) is 0 Å². The van der Waals surface area contributed by atoms with Crippen LogP contribution in [0.2, 0.25) is 0 Å². The van der Waals surface area contributed by atoms with E-state index >= 15 is 0 Å². The van der Waals surface area contributed by atoms with Crippen LogP contribution >= 0.6 is 11.3 Å². The summed E-state index contributed by atoms with van der Waals surface area (Å²) in [6, 6.07) is 2.02. The van der Waals surface area contributed by atoms with Crippen LogP contribution in [0.1, 0.15) is 32.8 Å². The molecule has 1 aromatic rings. The molecule has 0 aromatic carbocycles. The molecule has 1 atom stereocenters. The Hall–Kier alpha value is -1.56. The van der Waals surface area contributed by atoms with Gasteiger partial charge in [-0.05, 0) is 49.6 Å². The molecule has 0 saturated carbocycles. The summed E-state index contributed by atoms with van der Waals surface area (Å²) in [4.78, 5) is 27.9. The lowest BCUT2D eigenvalue weighted by molar-refractivity contribution is -0.134. The highest BCUT2D eigenvalue weighted by Crippen LogP contribution is 2.22. The van der Waals surface area contributed by atoms with E-state index in [2.05, 4.69) is 0 Å². The summed E-state index contributed by atoms with van der Waals surface area (Å²) in [6.45, 7) is 7.18. The van der Waals surface area contributed by atoms with Gasteiger partial charge in [0.15, 0.2) is 0 Å². The number of likely N-dealkylation sites (tertiary alicyclic amines) is 1. The average Bonchev–Trinajstić information content (AvgIpc) is 3.06. The van der Waals surface area contributed by atoms with Gasteiger partial charge in [0.25, 0.3) is 0 Å². The average molecular weight is 324 g/mol. The van der Waals surface area contributed by atoms with Gasteiger partial charge >= 0.3 is 6.09 Å². The minimum atomic E-state index is -0.505. The van der Waals surface area contributed by atoms with Gasteiger partial charge in [-0.3, -0.25) is 4.79 Å². The zero-order valence-corrected chi connectivity index (χ0v) is 14.5. The normalized spacial score (nSPS) is 18.4. The number of thiophene rings is 1. The second-order valence-corrected chi connectivity index (χ2v) is 7.52. The molecule has 22 heavy (non-hydrogen) atoms. The van der Waals surface area contributed by atoms with Gasteiger partial charge in [-0.1, -0.05) is 0 Å². The van der Waals surface area contributed by atoms with E-state index in [-0.39, 0.29) is 17.9 Å². The van der Waals surface area contributed by atoms with Crippen LogP contribution in [-0.2, 0) is 16.1 Å². The van der Waals surface area contributed by atoms with E-state index in [0.717, 1.165) is 5.56 Å². The summed E-state index contributed by atoms with van der Waals surface area (Å²) in [5, 5.41) is 4.05. The third-order valence-corrected chi connectivity index (χ3v) is 4.30. The second-order valence-electron chi connectivity index (χ2n) is 6.74. The van der Waals surface area contributed by atoms with Crippen molar-refractivity contribution in [2.75, 3.05) is 20.1 Å². The van der Waals surface area contributed by atoms with Gasteiger partial charge in [0.1, 0.15) is 5.60 Å². The molecule has 0 N–H and O–H groups in total. The number of hydrogen-bond acceptors (Lipinski definition) is 4. The summed E-state index contributed by atoms with van der Waals surface area (Å²) >= 11 is 1.63. The van der Waals surface area contributed by atoms with Crippen LogP contribution in [0.25, 0.3) is 0 Å². The van der Waals surface area contributed by atoms with Crippen molar-refractivity contribution in [1.29, 1.82) is 0 Å². The van der Waals surface area contributed by atoms with Crippen molar-refractivity contribution < 1.29 is 14.3 Å². The molecular weight excluding hydrogens is 300 g/mol. The molecule has 0 bridgehead atoms. The molecule has 122 valence electrons. The summed E-state index contributed by atoms with van der Waals surface area (Å²) in [6.07, 6.45) is 0.370. The quantitative estimate of drug-likeness (QED) is 0.859. The van der Waals surface area contributed by atoms with Crippen molar-refractivity contribution in [3.63, 3.8) is 0 Å². The number of ether oxygens (including phenoxy) is 1. The van der Waals surface area contributed by atoms with Gasteiger partial charge in [-0.25, -0.2) is 4.79 Å². The topological polar surface area (TPSA) is 49.9 Å². The van der Waals surface area contributed by atoms with Crippen LogP contribution in [-0.4, -0.2) is 47.5 Å². The van der Waals surface area contributed by atoms with Gasteiger partial charge in [-0.2, -0.15) is 11.3 Å². The summed E-state index contributed by atoms with van der Waals surface area (Å²) in [5.74, 6) is -0.0339. The number of carbonyl (C=O) groups excluding carboxylic acids is 2. The van der Waals surface area contributed by atoms with Crippen molar-refractivity contribution in [3.05, 3.63) is 22.4 Å². The predicted molar refractivity (Wildman–Crippen MR) is 86.7 cm³/mol. The standard InChI is InChI=1S/C16H24N2O3S/c1-16(2,3)21-15(20)18-7-5-13(10-18)14(19)17(4)9-12-6-8-22-11-12/h6,8,11,13H,5,7,9-10H2,1-4H3/t13-/m1/s1. The van der Waals surface area contributed by atoms with E-state index in [1.54, 1.807) is 21.1 Å². The van der Waals surface area contributed by atoms with Gasteiger partial charge in [0, 0.05) is 26.7 Å². The minimum Gasteiger partial charge on any atom is -0.444 e. The predicted octanol–water partition coefficient (Wildman–Crippen LogP) is 2.96. The Labute approximate surface area is 135 Å².